The number of hydrogen-bond acceptors (Lipinski definition) is 4. The average molecular weight is 475 g/mol. The minimum Gasteiger partial charge on any atom is -0.393 e. The van der Waals surface area contributed by atoms with Gasteiger partial charge in [0.1, 0.15) is 12.2 Å². The molecule has 11 atom stereocenters. The zero-order valence-electron chi connectivity index (χ0n) is 22.9. The monoisotopic (exact) mass is 474 g/mol. The van der Waals surface area contributed by atoms with Gasteiger partial charge in [-0.25, -0.2) is 0 Å². The molecule has 11 unspecified atom stereocenters. The molecule has 3 saturated carbocycles. The smallest absolute Gasteiger partial charge is 0.111 e. The molecule has 1 aliphatic heterocycles. The highest BCUT2D eigenvalue weighted by Crippen LogP contribution is 2.73. The summed E-state index contributed by atoms with van der Waals surface area (Å²) in [5.74, 6) is 1.81. The molecule has 1 saturated heterocycles. The Morgan fingerprint density at radius 2 is 1.59 bits per heavy atom. The molecule has 34 heavy (non-hydrogen) atoms. The topological polar surface area (TPSA) is 69.9 Å². The molecule has 4 aliphatic carbocycles. The first-order valence-corrected chi connectivity index (χ1v) is 14.0. The Labute approximate surface area is 207 Å². The Kier molecular flexibility index (Phi) is 5.61. The predicted molar refractivity (Wildman–Crippen MR) is 135 cm³/mol. The van der Waals surface area contributed by atoms with Crippen molar-refractivity contribution < 1.29 is 20.1 Å². The van der Waals surface area contributed by atoms with Crippen LogP contribution in [0.15, 0.2) is 11.6 Å². The average Bonchev–Trinajstić information content (AvgIpc) is 3.15. The zero-order chi connectivity index (χ0) is 25.1. The van der Waals surface area contributed by atoms with E-state index in [1.807, 2.05) is 13.8 Å². The maximum absolute atomic E-state index is 10.9. The highest BCUT2D eigenvalue weighted by molar-refractivity contribution is 5.33. The molecule has 0 radical (unpaired) electrons. The predicted octanol–water partition coefficient (Wildman–Crippen LogP) is 5.49. The third kappa shape index (κ3) is 3.04. The van der Waals surface area contributed by atoms with Crippen LogP contribution in [0.4, 0.5) is 0 Å². The third-order valence-electron chi connectivity index (χ3n) is 12.8. The van der Waals surface area contributed by atoms with Crippen LogP contribution in [0.2, 0.25) is 0 Å². The van der Waals surface area contributed by atoms with E-state index in [1.54, 1.807) is 5.57 Å². The number of hydrogen-bond donors (Lipinski definition) is 3. The molecule has 4 heteroatoms. The maximum atomic E-state index is 10.9. The second-order valence-corrected chi connectivity index (χ2v) is 14.8. The highest BCUT2D eigenvalue weighted by atomic mass is 16.6. The van der Waals surface area contributed by atoms with Crippen molar-refractivity contribution in [2.45, 2.75) is 130 Å². The fourth-order valence-electron chi connectivity index (χ4n) is 10.3. The van der Waals surface area contributed by atoms with Crippen LogP contribution in [-0.2, 0) is 4.74 Å². The molecule has 4 nitrogen and oxygen atoms in total. The minimum absolute atomic E-state index is 0.0347. The van der Waals surface area contributed by atoms with E-state index in [2.05, 4.69) is 47.6 Å². The SMILES string of the molecule is CC(C1OC(C)(C)C(O)C1O)C1CCC2(C)C3=CCC4C(C)(C)C(O)CCC4(C)C3CCC12C. The third-order valence-corrected chi connectivity index (χ3v) is 12.8. The van der Waals surface area contributed by atoms with Crippen LogP contribution in [0, 0.1) is 45.3 Å². The Bertz CT molecular complexity index is 862. The maximum Gasteiger partial charge on any atom is 0.111 e. The summed E-state index contributed by atoms with van der Waals surface area (Å²) in [6, 6.07) is 0. The number of rotatable bonds is 2. The number of ether oxygens (including phenoxy) is 1. The van der Waals surface area contributed by atoms with E-state index in [0.717, 1.165) is 25.7 Å². The van der Waals surface area contributed by atoms with Crippen molar-refractivity contribution in [3.05, 3.63) is 11.6 Å². The fraction of sp³-hybridized carbons (Fsp3) is 0.933. The molecule has 0 aromatic carbocycles. The van der Waals surface area contributed by atoms with Gasteiger partial charge in [-0.15, -0.1) is 0 Å². The normalized spacial score (nSPS) is 54.6. The van der Waals surface area contributed by atoms with Crippen LogP contribution in [0.25, 0.3) is 0 Å². The first kappa shape index (κ1) is 25.2. The molecule has 1 heterocycles. The molecular formula is C30H50O4. The fourth-order valence-corrected chi connectivity index (χ4v) is 10.3. The highest BCUT2D eigenvalue weighted by Gasteiger charge is 2.66. The van der Waals surface area contributed by atoms with Crippen LogP contribution >= 0.6 is 0 Å². The number of allylic oxidation sites excluding steroid dienone is 2. The van der Waals surface area contributed by atoms with E-state index < -0.39 is 17.8 Å². The van der Waals surface area contributed by atoms with E-state index in [4.69, 9.17) is 4.74 Å². The molecule has 0 aromatic heterocycles. The van der Waals surface area contributed by atoms with Gasteiger partial charge in [0.2, 0.25) is 0 Å². The van der Waals surface area contributed by atoms with Crippen molar-refractivity contribution >= 4 is 0 Å². The van der Waals surface area contributed by atoms with Crippen molar-refractivity contribution in [1.29, 1.82) is 0 Å². The first-order valence-electron chi connectivity index (χ1n) is 14.0. The lowest BCUT2D eigenvalue weighted by molar-refractivity contribution is -0.135. The molecule has 4 fully saturated rings. The number of aliphatic hydroxyl groups excluding tert-OH is 3. The van der Waals surface area contributed by atoms with E-state index in [1.165, 1.54) is 19.3 Å². The summed E-state index contributed by atoms with van der Waals surface area (Å²) >= 11 is 0. The van der Waals surface area contributed by atoms with E-state index in [-0.39, 0.29) is 39.8 Å². The minimum atomic E-state index is -0.834. The summed E-state index contributed by atoms with van der Waals surface area (Å²) in [5.41, 5.74) is 1.57. The number of aliphatic hydroxyl groups is 3. The van der Waals surface area contributed by atoms with Crippen molar-refractivity contribution in [3.63, 3.8) is 0 Å². The molecule has 0 spiro atoms. The van der Waals surface area contributed by atoms with Gasteiger partial charge in [-0.2, -0.15) is 0 Å². The quantitative estimate of drug-likeness (QED) is 0.463. The summed E-state index contributed by atoms with van der Waals surface area (Å²) in [5, 5.41) is 32.3. The van der Waals surface area contributed by atoms with E-state index in [0.29, 0.717) is 17.8 Å². The second-order valence-electron chi connectivity index (χ2n) is 14.8. The van der Waals surface area contributed by atoms with Gasteiger partial charge in [0.15, 0.2) is 0 Å². The van der Waals surface area contributed by atoms with Crippen LogP contribution in [0.3, 0.4) is 0 Å². The first-order chi connectivity index (χ1) is 15.6. The Hall–Kier alpha value is -0.420. The summed E-state index contributed by atoms with van der Waals surface area (Å²) in [7, 11) is 0. The standard InChI is InChI=1S/C30H50O4/c1-17(24-23(32)25(33)27(4,5)34-24)18-11-15-30(8)20-9-10-21-26(2,3)22(31)13-14-28(21,6)19(20)12-16-29(18,30)7/h9,17-19,21-25,31-33H,10-16H2,1-8H3. The lowest BCUT2D eigenvalue weighted by Crippen LogP contribution is -2.58. The van der Waals surface area contributed by atoms with Gasteiger partial charge in [0.05, 0.1) is 17.8 Å². The Morgan fingerprint density at radius 3 is 2.21 bits per heavy atom. The van der Waals surface area contributed by atoms with Gasteiger partial charge >= 0.3 is 0 Å². The Balaban J connectivity index is 1.46. The lowest BCUT2D eigenvalue weighted by Gasteiger charge is -2.64. The molecule has 0 aromatic rings. The zero-order valence-corrected chi connectivity index (χ0v) is 22.9. The molecular weight excluding hydrogens is 424 g/mol. The van der Waals surface area contributed by atoms with E-state index >= 15 is 0 Å². The Morgan fingerprint density at radius 1 is 0.912 bits per heavy atom. The van der Waals surface area contributed by atoms with Gasteiger partial charge in [0, 0.05) is 0 Å². The summed E-state index contributed by atoms with van der Waals surface area (Å²) < 4.78 is 6.29. The van der Waals surface area contributed by atoms with Crippen molar-refractivity contribution in [2.75, 3.05) is 0 Å². The number of fused-ring (bicyclic) bond motifs is 5. The van der Waals surface area contributed by atoms with Crippen LogP contribution in [0.5, 0.6) is 0 Å². The molecule has 5 rings (SSSR count). The van der Waals surface area contributed by atoms with Crippen LogP contribution < -0.4 is 0 Å². The van der Waals surface area contributed by atoms with Gasteiger partial charge in [-0.3, -0.25) is 0 Å². The molecule has 0 amide bonds. The van der Waals surface area contributed by atoms with Gasteiger partial charge in [-0.1, -0.05) is 53.2 Å². The largest absolute Gasteiger partial charge is 0.393 e. The molecule has 0 bridgehead atoms. The van der Waals surface area contributed by atoms with Crippen molar-refractivity contribution in [1.82, 2.24) is 0 Å². The molecule has 5 aliphatic rings. The van der Waals surface area contributed by atoms with Crippen molar-refractivity contribution in [2.24, 2.45) is 45.3 Å². The summed E-state index contributed by atoms with van der Waals surface area (Å²) in [6.45, 7) is 18.2. The summed E-state index contributed by atoms with van der Waals surface area (Å²) in [6.07, 6.45) is 8.38. The van der Waals surface area contributed by atoms with Crippen LogP contribution in [-0.4, -0.2) is 45.3 Å². The van der Waals surface area contributed by atoms with Gasteiger partial charge in [-0.05, 0) is 104 Å². The molecule has 194 valence electrons. The van der Waals surface area contributed by atoms with Gasteiger partial charge < -0.3 is 20.1 Å². The van der Waals surface area contributed by atoms with E-state index in [9.17, 15) is 15.3 Å². The van der Waals surface area contributed by atoms with Gasteiger partial charge in [0.25, 0.3) is 0 Å². The molecule has 3 N–H and O–H groups in total. The summed E-state index contributed by atoms with van der Waals surface area (Å²) in [4.78, 5) is 0. The lowest BCUT2D eigenvalue weighted by atomic mass is 9.41. The second kappa shape index (κ2) is 7.55. The van der Waals surface area contributed by atoms with Crippen LogP contribution in [0.1, 0.15) is 100 Å². The van der Waals surface area contributed by atoms with Crippen molar-refractivity contribution in [3.8, 4) is 0 Å².